The quantitative estimate of drug-likeness (QED) is 0.833. The van der Waals surface area contributed by atoms with Crippen LogP contribution >= 0.6 is 23.2 Å². The van der Waals surface area contributed by atoms with Crippen LogP contribution in [0.2, 0.25) is 10.0 Å². The number of benzene rings is 1. The normalized spacial score (nSPS) is 13.6. The van der Waals surface area contributed by atoms with Crippen molar-refractivity contribution in [2.75, 3.05) is 13.1 Å². The standard InChI is InChI=1S/C15H24Cl2N2/c1-11(10-19-15(2,3)4)18-8-7-12-9-13(16)5-6-14(12)17/h5-6,9,11,18-19H,7-8,10H2,1-4H3. The summed E-state index contributed by atoms with van der Waals surface area (Å²) in [5.41, 5.74) is 1.25. The molecule has 0 saturated heterocycles. The van der Waals surface area contributed by atoms with Gasteiger partial charge in [-0.3, -0.25) is 0 Å². The molecule has 0 radical (unpaired) electrons. The molecular weight excluding hydrogens is 279 g/mol. The van der Waals surface area contributed by atoms with Crippen LogP contribution in [0.1, 0.15) is 33.3 Å². The van der Waals surface area contributed by atoms with E-state index in [0.29, 0.717) is 6.04 Å². The minimum Gasteiger partial charge on any atom is -0.313 e. The lowest BCUT2D eigenvalue weighted by molar-refractivity contribution is 0.389. The van der Waals surface area contributed by atoms with E-state index in [4.69, 9.17) is 23.2 Å². The molecule has 2 nitrogen and oxygen atoms in total. The van der Waals surface area contributed by atoms with E-state index in [1.165, 1.54) is 0 Å². The van der Waals surface area contributed by atoms with Gasteiger partial charge in [0.2, 0.25) is 0 Å². The van der Waals surface area contributed by atoms with Gasteiger partial charge in [-0.15, -0.1) is 0 Å². The van der Waals surface area contributed by atoms with Gasteiger partial charge >= 0.3 is 0 Å². The van der Waals surface area contributed by atoms with Gasteiger partial charge in [-0.1, -0.05) is 23.2 Å². The lowest BCUT2D eigenvalue weighted by Gasteiger charge is -2.24. The first kappa shape index (κ1) is 16.8. The van der Waals surface area contributed by atoms with Gasteiger partial charge in [-0.25, -0.2) is 0 Å². The second-order valence-corrected chi connectivity index (χ2v) is 6.82. The maximum atomic E-state index is 6.13. The summed E-state index contributed by atoms with van der Waals surface area (Å²) in [6, 6.07) is 6.03. The predicted octanol–water partition coefficient (Wildman–Crippen LogP) is 3.90. The second-order valence-electron chi connectivity index (χ2n) is 5.97. The van der Waals surface area contributed by atoms with Crippen LogP contribution < -0.4 is 10.6 Å². The van der Waals surface area contributed by atoms with Gasteiger partial charge in [0.25, 0.3) is 0 Å². The van der Waals surface area contributed by atoms with E-state index in [9.17, 15) is 0 Å². The van der Waals surface area contributed by atoms with Crippen LogP contribution in [0, 0.1) is 0 Å². The van der Waals surface area contributed by atoms with Crippen LogP contribution in [-0.4, -0.2) is 24.7 Å². The molecule has 1 atom stereocenters. The third-order valence-electron chi connectivity index (χ3n) is 2.83. The highest BCUT2D eigenvalue weighted by molar-refractivity contribution is 6.33. The molecule has 0 aliphatic heterocycles. The Morgan fingerprint density at radius 1 is 1.21 bits per heavy atom. The molecule has 0 aliphatic rings. The molecule has 1 unspecified atom stereocenters. The monoisotopic (exact) mass is 302 g/mol. The molecule has 1 aromatic rings. The highest BCUT2D eigenvalue weighted by Gasteiger charge is 2.10. The third-order valence-corrected chi connectivity index (χ3v) is 3.44. The maximum Gasteiger partial charge on any atom is 0.0439 e. The van der Waals surface area contributed by atoms with Gasteiger partial charge < -0.3 is 10.6 Å². The van der Waals surface area contributed by atoms with Crippen molar-refractivity contribution in [3.05, 3.63) is 33.8 Å². The van der Waals surface area contributed by atoms with E-state index in [0.717, 1.165) is 35.1 Å². The molecule has 108 valence electrons. The molecule has 2 N–H and O–H groups in total. The molecular formula is C15H24Cl2N2. The smallest absolute Gasteiger partial charge is 0.0439 e. The topological polar surface area (TPSA) is 24.1 Å². The Bertz CT molecular complexity index is 400. The Hall–Kier alpha value is -0.280. The fraction of sp³-hybridized carbons (Fsp3) is 0.600. The average Bonchev–Trinajstić information content (AvgIpc) is 2.30. The Kier molecular flexibility index (Phi) is 6.61. The van der Waals surface area contributed by atoms with Crippen LogP contribution in [0.15, 0.2) is 18.2 Å². The van der Waals surface area contributed by atoms with Gasteiger partial charge in [-0.05, 0) is 64.4 Å². The summed E-state index contributed by atoms with van der Waals surface area (Å²) in [4.78, 5) is 0. The van der Waals surface area contributed by atoms with Gasteiger partial charge in [0.1, 0.15) is 0 Å². The van der Waals surface area contributed by atoms with Crippen LogP contribution in [0.3, 0.4) is 0 Å². The summed E-state index contributed by atoms with van der Waals surface area (Å²) in [5.74, 6) is 0. The SMILES string of the molecule is CC(CNC(C)(C)C)NCCc1cc(Cl)ccc1Cl. The Balaban J connectivity index is 2.32. The molecule has 0 bridgehead atoms. The fourth-order valence-electron chi connectivity index (χ4n) is 1.72. The molecule has 4 heteroatoms. The number of hydrogen-bond acceptors (Lipinski definition) is 2. The highest BCUT2D eigenvalue weighted by atomic mass is 35.5. The first-order valence-electron chi connectivity index (χ1n) is 6.70. The predicted molar refractivity (Wildman–Crippen MR) is 85.4 cm³/mol. The highest BCUT2D eigenvalue weighted by Crippen LogP contribution is 2.20. The lowest BCUT2D eigenvalue weighted by Crippen LogP contribution is -2.45. The van der Waals surface area contributed by atoms with Crippen LogP contribution in [0.5, 0.6) is 0 Å². The zero-order valence-corrected chi connectivity index (χ0v) is 13.7. The summed E-state index contributed by atoms with van der Waals surface area (Å²) >= 11 is 12.1. The van der Waals surface area contributed by atoms with Crippen molar-refractivity contribution in [2.45, 2.75) is 45.7 Å². The molecule has 1 aromatic carbocycles. The van der Waals surface area contributed by atoms with Crippen LogP contribution in [0.25, 0.3) is 0 Å². The van der Waals surface area contributed by atoms with E-state index < -0.39 is 0 Å². The molecule has 0 aliphatic carbocycles. The Labute approximate surface area is 126 Å². The largest absolute Gasteiger partial charge is 0.313 e. The fourth-order valence-corrected chi connectivity index (χ4v) is 2.13. The molecule has 0 amide bonds. The van der Waals surface area contributed by atoms with Crippen molar-refractivity contribution in [1.29, 1.82) is 0 Å². The minimum absolute atomic E-state index is 0.159. The van der Waals surface area contributed by atoms with Gasteiger partial charge in [-0.2, -0.15) is 0 Å². The van der Waals surface area contributed by atoms with Crippen LogP contribution in [-0.2, 0) is 6.42 Å². The number of nitrogens with one attached hydrogen (secondary N) is 2. The van der Waals surface area contributed by atoms with Crippen molar-refractivity contribution in [2.24, 2.45) is 0 Å². The molecule has 0 spiro atoms. The van der Waals surface area contributed by atoms with E-state index in [2.05, 4.69) is 38.3 Å². The van der Waals surface area contributed by atoms with E-state index >= 15 is 0 Å². The molecule has 0 saturated carbocycles. The zero-order valence-electron chi connectivity index (χ0n) is 12.2. The lowest BCUT2D eigenvalue weighted by atomic mass is 10.1. The van der Waals surface area contributed by atoms with E-state index in [-0.39, 0.29) is 5.54 Å². The first-order valence-corrected chi connectivity index (χ1v) is 7.46. The Morgan fingerprint density at radius 2 is 1.89 bits per heavy atom. The number of rotatable bonds is 6. The summed E-state index contributed by atoms with van der Waals surface area (Å²) < 4.78 is 0. The third kappa shape index (κ3) is 7.17. The second kappa shape index (κ2) is 7.49. The van der Waals surface area contributed by atoms with Gasteiger partial charge in [0.15, 0.2) is 0 Å². The Morgan fingerprint density at radius 3 is 2.53 bits per heavy atom. The van der Waals surface area contributed by atoms with Crippen molar-refractivity contribution in [3.63, 3.8) is 0 Å². The summed E-state index contributed by atoms with van der Waals surface area (Å²) in [6.07, 6.45) is 0.888. The maximum absolute atomic E-state index is 6.13. The van der Waals surface area contributed by atoms with E-state index in [1.807, 2.05) is 18.2 Å². The zero-order chi connectivity index (χ0) is 14.5. The van der Waals surface area contributed by atoms with Crippen LogP contribution in [0.4, 0.5) is 0 Å². The van der Waals surface area contributed by atoms with Gasteiger partial charge in [0, 0.05) is 28.2 Å². The molecule has 1 rings (SSSR count). The number of hydrogen-bond donors (Lipinski definition) is 2. The van der Waals surface area contributed by atoms with Crippen molar-refractivity contribution in [1.82, 2.24) is 10.6 Å². The molecule has 0 heterocycles. The van der Waals surface area contributed by atoms with Gasteiger partial charge in [0.05, 0.1) is 0 Å². The van der Waals surface area contributed by atoms with E-state index in [1.54, 1.807) is 0 Å². The average molecular weight is 303 g/mol. The molecule has 0 fully saturated rings. The van der Waals surface area contributed by atoms with Crippen molar-refractivity contribution in [3.8, 4) is 0 Å². The van der Waals surface area contributed by atoms with Crippen molar-refractivity contribution >= 4 is 23.2 Å². The number of halogens is 2. The summed E-state index contributed by atoms with van der Waals surface area (Å²) in [6.45, 7) is 10.5. The minimum atomic E-state index is 0.159. The first-order chi connectivity index (χ1) is 8.78. The molecule has 19 heavy (non-hydrogen) atoms. The summed E-state index contributed by atoms with van der Waals surface area (Å²) in [5, 5.41) is 8.49. The molecule has 0 aromatic heterocycles. The summed E-state index contributed by atoms with van der Waals surface area (Å²) in [7, 11) is 0. The van der Waals surface area contributed by atoms with Crippen molar-refractivity contribution < 1.29 is 0 Å².